The van der Waals surface area contributed by atoms with E-state index < -0.39 is 5.97 Å². The molecular formula is C14H14N4O3. The molecule has 1 aromatic heterocycles. The predicted molar refractivity (Wildman–Crippen MR) is 75.2 cm³/mol. The van der Waals surface area contributed by atoms with Crippen molar-refractivity contribution in [1.29, 1.82) is 0 Å². The van der Waals surface area contributed by atoms with Crippen LogP contribution < -0.4 is 10.1 Å². The molecule has 0 saturated heterocycles. The molecular weight excluding hydrogens is 272 g/mol. The second-order valence-corrected chi connectivity index (χ2v) is 4.66. The summed E-state index contributed by atoms with van der Waals surface area (Å²) in [4.78, 5) is 15.5. The maximum atomic E-state index is 11.3. The SMILES string of the molecule is COc1cccc([C@@H]2C=C(C(=O)O)Nc3nc(C)nn32)c1. The second kappa shape index (κ2) is 4.93. The van der Waals surface area contributed by atoms with Gasteiger partial charge < -0.3 is 15.2 Å². The smallest absolute Gasteiger partial charge is 0.352 e. The highest BCUT2D eigenvalue weighted by molar-refractivity contribution is 5.90. The highest BCUT2D eigenvalue weighted by atomic mass is 16.5. The van der Waals surface area contributed by atoms with E-state index in [9.17, 15) is 9.90 Å². The van der Waals surface area contributed by atoms with Gasteiger partial charge in [-0.25, -0.2) is 9.48 Å². The number of nitrogens with zero attached hydrogens (tertiary/aromatic N) is 3. The van der Waals surface area contributed by atoms with Gasteiger partial charge in [-0.05, 0) is 30.7 Å². The van der Waals surface area contributed by atoms with Crippen LogP contribution >= 0.6 is 0 Å². The average Bonchev–Trinajstić information content (AvgIpc) is 2.86. The number of aromatic nitrogens is 3. The largest absolute Gasteiger partial charge is 0.497 e. The van der Waals surface area contributed by atoms with Gasteiger partial charge >= 0.3 is 5.97 Å². The van der Waals surface area contributed by atoms with Crippen LogP contribution in [0.2, 0.25) is 0 Å². The van der Waals surface area contributed by atoms with Crippen molar-refractivity contribution in [2.75, 3.05) is 12.4 Å². The van der Waals surface area contributed by atoms with E-state index in [0.29, 0.717) is 17.5 Å². The van der Waals surface area contributed by atoms with Gasteiger partial charge in [-0.2, -0.15) is 10.1 Å². The number of benzene rings is 1. The molecule has 0 spiro atoms. The van der Waals surface area contributed by atoms with Gasteiger partial charge in [0.2, 0.25) is 5.95 Å². The molecule has 1 aliphatic rings. The Balaban J connectivity index is 2.11. The van der Waals surface area contributed by atoms with Gasteiger partial charge in [-0.1, -0.05) is 12.1 Å². The number of ether oxygens (including phenoxy) is 1. The second-order valence-electron chi connectivity index (χ2n) is 4.66. The minimum atomic E-state index is -1.03. The molecule has 0 radical (unpaired) electrons. The number of aliphatic carboxylic acids is 1. The average molecular weight is 286 g/mol. The van der Waals surface area contributed by atoms with Crippen molar-refractivity contribution in [2.24, 2.45) is 0 Å². The van der Waals surface area contributed by atoms with Gasteiger partial charge in [-0.3, -0.25) is 0 Å². The van der Waals surface area contributed by atoms with Gasteiger partial charge in [0.05, 0.1) is 7.11 Å². The number of hydrogen-bond acceptors (Lipinski definition) is 5. The first-order chi connectivity index (χ1) is 10.1. The standard InChI is InChI=1S/C14H14N4O3/c1-8-15-14-16-11(13(19)20)7-12(18(14)17-8)9-4-3-5-10(6-9)21-2/h3-7,12H,1-2H3,(H,19,20)(H,15,16,17)/t12-/m0/s1. The van der Waals surface area contributed by atoms with Crippen LogP contribution in [0.1, 0.15) is 17.4 Å². The molecule has 2 N–H and O–H groups in total. The van der Waals surface area contributed by atoms with E-state index in [1.807, 2.05) is 24.3 Å². The van der Waals surface area contributed by atoms with Crippen LogP contribution in [0, 0.1) is 6.92 Å². The van der Waals surface area contributed by atoms with Crippen LogP contribution in [0.25, 0.3) is 0 Å². The maximum Gasteiger partial charge on any atom is 0.352 e. The minimum absolute atomic E-state index is 0.0859. The van der Waals surface area contributed by atoms with Crippen molar-refractivity contribution in [1.82, 2.24) is 14.8 Å². The van der Waals surface area contributed by atoms with Crippen LogP contribution in [-0.2, 0) is 4.79 Å². The minimum Gasteiger partial charge on any atom is -0.497 e. The first kappa shape index (κ1) is 13.2. The summed E-state index contributed by atoms with van der Waals surface area (Å²) < 4.78 is 6.88. The monoisotopic (exact) mass is 286 g/mol. The number of allylic oxidation sites excluding steroid dienone is 1. The van der Waals surface area contributed by atoms with E-state index >= 15 is 0 Å². The number of carboxylic acid groups (broad SMARTS) is 1. The Morgan fingerprint density at radius 2 is 2.29 bits per heavy atom. The quantitative estimate of drug-likeness (QED) is 0.890. The molecule has 3 rings (SSSR count). The normalized spacial score (nSPS) is 16.7. The van der Waals surface area contributed by atoms with Crippen LogP contribution in [0.4, 0.5) is 5.95 Å². The van der Waals surface area contributed by atoms with Gasteiger partial charge in [0, 0.05) is 0 Å². The summed E-state index contributed by atoms with van der Waals surface area (Å²) in [5.41, 5.74) is 0.962. The van der Waals surface area contributed by atoms with E-state index in [-0.39, 0.29) is 11.7 Å². The Morgan fingerprint density at radius 3 is 3.00 bits per heavy atom. The highest BCUT2D eigenvalue weighted by Crippen LogP contribution is 2.30. The zero-order valence-electron chi connectivity index (χ0n) is 11.6. The number of carbonyl (C=O) groups is 1. The number of nitrogens with one attached hydrogen (secondary N) is 1. The number of aryl methyl sites for hydroxylation is 1. The van der Waals surface area contributed by atoms with Gasteiger partial charge in [-0.15, -0.1) is 0 Å². The van der Waals surface area contributed by atoms with E-state index in [2.05, 4.69) is 15.4 Å². The third-order valence-electron chi connectivity index (χ3n) is 3.24. The molecule has 2 heterocycles. The summed E-state index contributed by atoms with van der Waals surface area (Å²) in [6.45, 7) is 1.76. The molecule has 0 aliphatic carbocycles. The molecule has 1 aliphatic heterocycles. The number of anilines is 1. The number of carboxylic acids is 1. The van der Waals surface area contributed by atoms with Crippen molar-refractivity contribution in [3.63, 3.8) is 0 Å². The number of fused-ring (bicyclic) bond motifs is 1. The van der Waals surface area contributed by atoms with Crippen molar-refractivity contribution in [3.8, 4) is 5.75 Å². The summed E-state index contributed by atoms with van der Waals surface area (Å²) in [6.07, 6.45) is 1.61. The summed E-state index contributed by atoms with van der Waals surface area (Å²) in [5.74, 6) is 0.662. The molecule has 0 saturated carbocycles. The third-order valence-corrected chi connectivity index (χ3v) is 3.24. The molecule has 2 aromatic rings. The first-order valence-corrected chi connectivity index (χ1v) is 6.37. The number of hydrogen-bond donors (Lipinski definition) is 2. The van der Waals surface area contributed by atoms with E-state index in [4.69, 9.17) is 4.74 Å². The Hall–Kier alpha value is -2.83. The number of rotatable bonds is 3. The van der Waals surface area contributed by atoms with E-state index in [0.717, 1.165) is 5.56 Å². The van der Waals surface area contributed by atoms with E-state index in [1.54, 1.807) is 24.8 Å². The molecule has 21 heavy (non-hydrogen) atoms. The van der Waals surface area contributed by atoms with Crippen molar-refractivity contribution in [2.45, 2.75) is 13.0 Å². The Morgan fingerprint density at radius 1 is 1.48 bits per heavy atom. The van der Waals surface area contributed by atoms with Gasteiger partial charge in [0.25, 0.3) is 0 Å². The van der Waals surface area contributed by atoms with Crippen LogP contribution in [0.15, 0.2) is 36.0 Å². The lowest BCUT2D eigenvalue weighted by Gasteiger charge is -2.22. The summed E-state index contributed by atoms with van der Waals surface area (Å²) in [5, 5.41) is 16.3. The van der Waals surface area contributed by atoms with Gasteiger partial charge in [0.15, 0.2) is 0 Å². The molecule has 1 aromatic carbocycles. The van der Waals surface area contributed by atoms with Crippen LogP contribution in [0.5, 0.6) is 5.75 Å². The molecule has 0 unspecified atom stereocenters. The summed E-state index contributed by atoms with van der Waals surface area (Å²) in [6, 6.07) is 7.10. The van der Waals surface area contributed by atoms with Crippen molar-refractivity contribution in [3.05, 3.63) is 47.4 Å². The van der Waals surface area contributed by atoms with Crippen LogP contribution in [-0.4, -0.2) is 33.0 Å². The lowest BCUT2D eigenvalue weighted by Crippen LogP contribution is -2.24. The fourth-order valence-corrected chi connectivity index (χ4v) is 2.29. The summed E-state index contributed by atoms with van der Waals surface area (Å²) in [7, 11) is 1.59. The molecule has 7 heteroatoms. The lowest BCUT2D eigenvalue weighted by molar-refractivity contribution is -0.132. The fourth-order valence-electron chi connectivity index (χ4n) is 2.29. The number of methoxy groups -OCH3 is 1. The zero-order chi connectivity index (χ0) is 15.0. The Labute approximate surface area is 120 Å². The molecule has 0 amide bonds. The maximum absolute atomic E-state index is 11.3. The Bertz CT molecular complexity index is 736. The molecule has 7 nitrogen and oxygen atoms in total. The van der Waals surface area contributed by atoms with E-state index in [1.165, 1.54) is 0 Å². The van der Waals surface area contributed by atoms with Crippen LogP contribution in [0.3, 0.4) is 0 Å². The van der Waals surface area contributed by atoms with Crippen molar-refractivity contribution >= 4 is 11.9 Å². The summed E-state index contributed by atoms with van der Waals surface area (Å²) >= 11 is 0. The van der Waals surface area contributed by atoms with Gasteiger partial charge in [0.1, 0.15) is 23.3 Å². The molecule has 108 valence electrons. The molecule has 1 atom stereocenters. The van der Waals surface area contributed by atoms with Crippen molar-refractivity contribution < 1.29 is 14.6 Å². The predicted octanol–water partition coefficient (Wildman–Crippen LogP) is 1.58. The third kappa shape index (κ3) is 2.33. The Kier molecular flexibility index (Phi) is 3.09. The highest BCUT2D eigenvalue weighted by Gasteiger charge is 2.26. The molecule has 0 bridgehead atoms. The fraction of sp³-hybridized carbons (Fsp3) is 0.214. The zero-order valence-corrected chi connectivity index (χ0v) is 11.6. The molecule has 0 fully saturated rings. The first-order valence-electron chi connectivity index (χ1n) is 6.37. The topological polar surface area (TPSA) is 89.3 Å². The lowest BCUT2D eigenvalue weighted by atomic mass is 10.0.